The summed E-state index contributed by atoms with van der Waals surface area (Å²) >= 11 is 0. The first-order chi connectivity index (χ1) is 19.4. The Balaban J connectivity index is 1.24. The summed E-state index contributed by atoms with van der Waals surface area (Å²) < 4.78 is 11.9. The molecule has 4 N–H and O–H groups in total. The summed E-state index contributed by atoms with van der Waals surface area (Å²) in [5.41, 5.74) is 2.19. The number of fused-ring (bicyclic) bond motifs is 5. The summed E-state index contributed by atoms with van der Waals surface area (Å²) in [6.45, 7) is 14.5. The minimum absolute atomic E-state index is 0.101. The van der Waals surface area contributed by atoms with Crippen LogP contribution >= 0.6 is 0 Å². The molecule has 5 rings (SSSR count). The van der Waals surface area contributed by atoms with Crippen LogP contribution in [0.1, 0.15) is 112 Å². The summed E-state index contributed by atoms with van der Waals surface area (Å²) in [6.07, 6.45) is 9.92. The summed E-state index contributed by atoms with van der Waals surface area (Å²) in [5, 5.41) is 40.4. The summed E-state index contributed by atoms with van der Waals surface area (Å²) in [4.78, 5) is 0. The van der Waals surface area contributed by atoms with E-state index >= 15 is 0 Å². The van der Waals surface area contributed by atoms with E-state index in [1.807, 2.05) is 0 Å². The predicted octanol–water partition coefficient (Wildman–Crippen LogP) is 5.85. The van der Waals surface area contributed by atoms with Gasteiger partial charge in [-0.1, -0.05) is 66.0 Å². The lowest BCUT2D eigenvalue weighted by Crippen LogP contribution is -2.60. The van der Waals surface area contributed by atoms with E-state index in [1.165, 1.54) is 56.9 Å². The summed E-state index contributed by atoms with van der Waals surface area (Å²) in [5.74, 6) is 5.66. The van der Waals surface area contributed by atoms with Gasteiger partial charge in [0.1, 0.15) is 24.4 Å². The standard InChI is InChI=1S/C35H60O6/c1-7-22(20(2)3)9-8-21(4)26-12-13-27-25-11-10-23-18-24(14-16-34(23,5)28(25)15-17-35(26,27)6)40-33-32(39)31(38)30(37)29(19-36)41-33/h10,20-22,24-33,36-39H,7-9,11-19H2,1-6H3/t21-,22+,24-,25-,26+,27-,28-,29+,30+,31-,32+,33-,34-,35+/m0/s1. The second kappa shape index (κ2) is 12.5. The SMILES string of the molecule is CC[C@H](CC[C@H](C)[C@H]1CC[C@H]2[C@@H]3CC=C4C[C@@H](O[C@H]5O[C@H](CO)[C@@H](O)[C@H](O)[C@H]5O)CC[C@]4(C)[C@H]3CC[C@]12C)C(C)C. The molecule has 0 unspecified atom stereocenters. The fourth-order valence-electron chi connectivity index (χ4n) is 10.8. The molecule has 0 aromatic heterocycles. The lowest BCUT2D eigenvalue weighted by Gasteiger charge is -2.58. The Labute approximate surface area is 249 Å². The Hall–Kier alpha value is -0.500. The van der Waals surface area contributed by atoms with Gasteiger partial charge in [0, 0.05) is 0 Å². The van der Waals surface area contributed by atoms with Crippen molar-refractivity contribution in [3.8, 4) is 0 Å². The zero-order chi connectivity index (χ0) is 29.7. The van der Waals surface area contributed by atoms with Crippen LogP contribution in [0.15, 0.2) is 11.6 Å². The van der Waals surface area contributed by atoms with Gasteiger partial charge < -0.3 is 29.9 Å². The molecule has 4 aliphatic carbocycles. The largest absolute Gasteiger partial charge is 0.394 e. The lowest BCUT2D eigenvalue weighted by atomic mass is 9.47. The van der Waals surface area contributed by atoms with Crippen LogP contribution in [0, 0.1) is 52.3 Å². The number of allylic oxidation sites excluding steroid dienone is 1. The van der Waals surface area contributed by atoms with Crippen molar-refractivity contribution in [1.82, 2.24) is 0 Å². The van der Waals surface area contributed by atoms with Crippen molar-refractivity contribution in [2.24, 2.45) is 52.3 Å². The van der Waals surface area contributed by atoms with Crippen LogP contribution in [-0.4, -0.2) is 63.8 Å². The van der Waals surface area contributed by atoms with Crippen molar-refractivity contribution in [2.75, 3.05) is 6.61 Å². The van der Waals surface area contributed by atoms with Crippen molar-refractivity contribution >= 4 is 0 Å². The van der Waals surface area contributed by atoms with Gasteiger partial charge >= 0.3 is 0 Å². The van der Waals surface area contributed by atoms with Gasteiger partial charge in [-0.25, -0.2) is 0 Å². The van der Waals surface area contributed by atoms with E-state index in [0.29, 0.717) is 5.41 Å². The number of rotatable bonds is 9. The molecule has 6 heteroatoms. The quantitative estimate of drug-likeness (QED) is 0.257. The van der Waals surface area contributed by atoms with Gasteiger partial charge in [-0.05, 0) is 110 Å². The molecule has 0 amide bonds. The molecule has 5 aliphatic rings. The van der Waals surface area contributed by atoms with Crippen molar-refractivity contribution in [2.45, 2.75) is 149 Å². The highest BCUT2D eigenvalue weighted by Crippen LogP contribution is 2.67. The summed E-state index contributed by atoms with van der Waals surface area (Å²) in [6, 6.07) is 0. The third kappa shape index (κ3) is 5.73. The third-order valence-electron chi connectivity index (χ3n) is 13.5. The van der Waals surface area contributed by atoms with E-state index in [9.17, 15) is 20.4 Å². The normalized spacial score (nSPS) is 47.7. The average molecular weight is 577 g/mol. The number of ether oxygens (including phenoxy) is 2. The van der Waals surface area contributed by atoms with E-state index in [4.69, 9.17) is 9.47 Å². The molecule has 4 fully saturated rings. The molecule has 0 aromatic rings. The Bertz CT molecular complexity index is 918. The monoisotopic (exact) mass is 576 g/mol. The maximum atomic E-state index is 10.5. The second-order valence-corrected chi connectivity index (χ2v) is 15.7. The van der Waals surface area contributed by atoms with E-state index in [1.54, 1.807) is 0 Å². The molecule has 1 saturated heterocycles. The first kappa shape index (κ1) is 31.9. The fourth-order valence-corrected chi connectivity index (χ4v) is 10.8. The molecule has 1 heterocycles. The van der Waals surface area contributed by atoms with Crippen LogP contribution in [0.5, 0.6) is 0 Å². The molecule has 0 bridgehead atoms. The molecule has 41 heavy (non-hydrogen) atoms. The van der Waals surface area contributed by atoms with E-state index in [2.05, 4.69) is 47.6 Å². The predicted molar refractivity (Wildman–Crippen MR) is 161 cm³/mol. The van der Waals surface area contributed by atoms with E-state index in [-0.39, 0.29) is 11.5 Å². The molecule has 6 nitrogen and oxygen atoms in total. The highest BCUT2D eigenvalue weighted by atomic mass is 16.7. The number of aliphatic hydroxyl groups excluding tert-OH is 4. The highest BCUT2D eigenvalue weighted by Gasteiger charge is 2.59. The number of hydrogen-bond acceptors (Lipinski definition) is 6. The fraction of sp³-hybridized carbons (Fsp3) is 0.943. The Kier molecular flexibility index (Phi) is 9.71. The smallest absolute Gasteiger partial charge is 0.186 e. The lowest BCUT2D eigenvalue weighted by molar-refractivity contribution is -0.313. The molecule has 236 valence electrons. The van der Waals surface area contributed by atoms with Crippen LogP contribution in [0.2, 0.25) is 0 Å². The summed E-state index contributed by atoms with van der Waals surface area (Å²) in [7, 11) is 0. The topological polar surface area (TPSA) is 99.4 Å². The molecule has 14 atom stereocenters. The van der Waals surface area contributed by atoms with Gasteiger partial charge in [0.15, 0.2) is 6.29 Å². The number of aliphatic hydroxyl groups is 4. The maximum absolute atomic E-state index is 10.5. The van der Waals surface area contributed by atoms with Gasteiger partial charge in [0.05, 0.1) is 12.7 Å². The van der Waals surface area contributed by atoms with Crippen molar-refractivity contribution in [3.05, 3.63) is 11.6 Å². The Morgan fingerprint density at radius 3 is 2.39 bits per heavy atom. The molecule has 1 aliphatic heterocycles. The van der Waals surface area contributed by atoms with E-state index < -0.39 is 37.3 Å². The van der Waals surface area contributed by atoms with Crippen LogP contribution in [0.3, 0.4) is 0 Å². The average Bonchev–Trinajstić information content (AvgIpc) is 3.30. The second-order valence-electron chi connectivity index (χ2n) is 15.7. The van der Waals surface area contributed by atoms with Crippen LogP contribution < -0.4 is 0 Å². The zero-order valence-electron chi connectivity index (χ0n) is 26.7. The van der Waals surface area contributed by atoms with Gasteiger partial charge in [-0.3, -0.25) is 0 Å². The first-order valence-corrected chi connectivity index (χ1v) is 17.1. The van der Waals surface area contributed by atoms with Crippen molar-refractivity contribution in [3.63, 3.8) is 0 Å². The van der Waals surface area contributed by atoms with Gasteiger partial charge in [-0.15, -0.1) is 0 Å². The van der Waals surface area contributed by atoms with Gasteiger partial charge in [0.25, 0.3) is 0 Å². The van der Waals surface area contributed by atoms with Crippen molar-refractivity contribution in [1.29, 1.82) is 0 Å². The molecule has 3 saturated carbocycles. The maximum Gasteiger partial charge on any atom is 0.186 e. The van der Waals surface area contributed by atoms with Crippen LogP contribution in [-0.2, 0) is 9.47 Å². The molecular formula is C35H60O6. The van der Waals surface area contributed by atoms with Gasteiger partial charge in [0.2, 0.25) is 0 Å². The minimum atomic E-state index is -1.40. The molecule has 0 radical (unpaired) electrons. The Morgan fingerprint density at radius 1 is 0.951 bits per heavy atom. The molecule has 0 aromatic carbocycles. The first-order valence-electron chi connectivity index (χ1n) is 17.1. The third-order valence-corrected chi connectivity index (χ3v) is 13.5. The number of hydrogen-bond donors (Lipinski definition) is 4. The molecule has 0 spiro atoms. The van der Waals surface area contributed by atoms with Crippen LogP contribution in [0.4, 0.5) is 0 Å². The van der Waals surface area contributed by atoms with Gasteiger partial charge in [-0.2, -0.15) is 0 Å². The van der Waals surface area contributed by atoms with Crippen LogP contribution in [0.25, 0.3) is 0 Å². The zero-order valence-corrected chi connectivity index (χ0v) is 26.7. The highest BCUT2D eigenvalue weighted by molar-refractivity contribution is 5.25. The minimum Gasteiger partial charge on any atom is -0.394 e. The Morgan fingerprint density at radius 2 is 1.71 bits per heavy atom. The molecular weight excluding hydrogens is 516 g/mol. The van der Waals surface area contributed by atoms with Crippen molar-refractivity contribution < 1.29 is 29.9 Å². The van der Waals surface area contributed by atoms with E-state index in [0.717, 1.165) is 60.7 Å².